The number of carbonyl (C=O) groups is 1. The van der Waals surface area contributed by atoms with Crippen molar-refractivity contribution in [2.45, 2.75) is 64.3 Å². The molecule has 0 aliphatic carbocycles. The highest BCUT2D eigenvalue weighted by atomic mass is 16.5. The zero-order chi connectivity index (χ0) is 15.2. The first-order chi connectivity index (χ1) is 9.57. The summed E-state index contributed by atoms with van der Waals surface area (Å²) in [4.78, 5) is 15.4. The van der Waals surface area contributed by atoms with E-state index < -0.39 is 6.04 Å². The fourth-order valence-corrected chi connectivity index (χ4v) is 1.80. The summed E-state index contributed by atoms with van der Waals surface area (Å²) in [6.45, 7) is 3.14. The van der Waals surface area contributed by atoms with Crippen molar-refractivity contribution in [2.24, 2.45) is 22.2 Å². The molecule has 0 aliphatic rings. The molecular weight excluding hydrogens is 256 g/mol. The van der Waals surface area contributed by atoms with E-state index in [9.17, 15) is 4.79 Å². The Morgan fingerprint density at radius 2 is 1.75 bits per heavy atom. The topological polar surface area (TPSA) is 117 Å². The molecule has 0 saturated carbocycles. The molecular formula is C14H30N4O2. The van der Waals surface area contributed by atoms with E-state index in [1.165, 1.54) is 25.7 Å². The molecule has 6 heteroatoms. The molecule has 1 atom stereocenters. The van der Waals surface area contributed by atoms with Gasteiger partial charge in [0.1, 0.15) is 6.04 Å². The van der Waals surface area contributed by atoms with E-state index in [-0.39, 0.29) is 11.9 Å². The van der Waals surface area contributed by atoms with Crippen molar-refractivity contribution < 1.29 is 9.53 Å². The maximum absolute atomic E-state index is 11.6. The molecule has 0 aromatic carbocycles. The van der Waals surface area contributed by atoms with Crippen molar-refractivity contribution in [1.82, 2.24) is 0 Å². The average Bonchev–Trinajstić information content (AvgIpc) is 2.41. The van der Waals surface area contributed by atoms with E-state index in [0.29, 0.717) is 26.0 Å². The molecule has 0 aliphatic heterocycles. The lowest BCUT2D eigenvalue weighted by Crippen LogP contribution is -2.32. The van der Waals surface area contributed by atoms with Gasteiger partial charge in [0, 0.05) is 6.54 Å². The molecule has 1 unspecified atom stereocenters. The van der Waals surface area contributed by atoms with E-state index >= 15 is 0 Å². The van der Waals surface area contributed by atoms with Gasteiger partial charge in [0.15, 0.2) is 5.96 Å². The van der Waals surface area contributed by atoms with Crippen LogP contribution in [0.15, 0.2) is 4.99 Å². The summed E-state index contributed by atoms with van der Waals surface area (Å²) >= 11 is 0. The van der Waals surface area contributed by atoms with Gasteiger partial charge in [-0.15, -0.1) is 0 Å². The average molecular weight is 286 g/mol. The third-order valence-corrected chi connectivity index (χ3v) is 3.01. The van der Waals surface area contributed by atoms with Crippen LogP contribution in [0.2, 0.25) is 0 Å². The van der Waals surface area contributed by atoms with Gasteiger partial charge in [-0.3, -0.25) is 9.79 Å². The molecule has 6 nitrogen and oxygen atoms in total. The lowest BCUT2D eigenvalue weighted by atomic mass is 10.1. The van der Waals surface area contributed by atoms with Crippen LogP contribution in [-0.4, -0.2) is 31.1 Å². The molecule has 0 spiro atoms. The van der Waals surface area contributed by atoms with Crippen LogP contribution in [0.25, 0.3) is 0 Å². The van der Waals surface area contributed by atoms with Crippen LogP contribution in [-0.2, 0) is 9.53 Å². The number of nitrogens with two attached hydrogens (primary N) is 3. The van der Waals surface area contributed by atoms with Crippen LogP contribution in [0.5, 0.6) is 0 Å². The minimum absolute atomic E-state index is 0.0595. The van der Waals surface area contributed by atoms with Gasteiger partial charge >= 0.3 is 5.97 Å². The minimum atomic E-state index is -0.579. The van der Waals surface area contributed by atoms with E-state index in [1.54, 1.807) is 0 Å². The number of carbonyl (C=O) groups excluding carboxylic acids is 1. The maximum atomic E-state index is 11.6. The molecule has 0 aromatic heterocycles. The van der Waals surface area contributed by atoms with Crippen LogP contribution in [0.4, 0.5) is 0 Å². The molecule has 0 saturated heterocycles. The third kappa shape index (κ3) is 11.8. The van der Waals surface area contributed by atoms with Gasteiger partial charge < -0.3 is 21.9 Å². The molecule has 0 fully saturated rings. The fraction of sp³-hybridized carbons (Fsp3) is 0.857. The molecule has 0 rings (SSSR count). The Bertz CT molecular complexity index is 278. The number of aliphatic imine (C=N–C) groups is 1. The highest BCUT2D eigenvalue weighted by Gasteiger charge is 2.13. The van der Waals surface area contributed by atoms with Gasteiger partial charge in [0.05, 0.1) is 6.61 Å². The van der Waals surface area contributed by atoms with Gasteiger partial charge in [-0.05, 0) is 19.3 Å². The summed E-state index contributed by atoms with van der Waals surface area (Å²) in [5.74, 6) is -0.271. The predicted octanol–water partition coefficient (Wildman–Crippen LogP) is 1.27. The van der Waals surface area contributed by atoms with Crippen molar-refractivity contribution >= 4 is 11.9 Å². The van der Waals surface area contributed by atoms with Gasteiger partial charge in [0.25, 0.3) is 0 Å². The molecule has 6 N–H and O–H groups in total. The van der Waals surface area contributed by atoms with E-state index in [1.807, 2.05) is 0 Å². The Kier molecular flexibility index (Phi) is 11.9. The molecule has 0 bridgehead atoms. The summed E-state index contributed by atoms with van der Waals surface area (Å²) in [7, 11) is 0. The molecule has 0 amide bonds. The quantitative estimate of drug-likeness (QED) is 0.216. The largest absolute Gasteiger partial charge is 0.465 e. The first-order valence-electron chi connectivity index (χ1n) is 7.55. The zero-order valence-electron chi connectivity index (χ0n) is 12.6. The van der Waals surface area contributed by atoms with Crippen LogP contribution < -0.4 is 17.2 Å². The third-order valence-electron chi connectivity index (χ3n) is 3.01. The minimum Gasteiger partial charge on any atom is -0.465 e. The van der Waals surface area contributed by atoms with Gasteiger partial charge in [-0.1, -0.05) is 39.0 Å². The van der Waals surface area contributed by atoms with Gasteiger partial charge in [-0.2, -0.15) is 0 Å². The van der Waals surface area contributed by atoms with Crippen LogP contribution in [0.3, 0.4) is 0 Å². The van der Waals surface area contributed by atoms with Crippen LogP contribution in [0, 0.1) is 0 Å². The number of hydrogen-bond donors (Lipinski definition) is 3. The first kappa shape index (κ1) is 18.7. The lowest BCUT2D eigenvalue weighted by molar-refractivity contribution is -0.145. The summed E-state index contributed by atoms with van der Waals surface area (Å²) in [5.41, 5.74) is 16.1. The second-order valence-corrected chi connectivity index (χ2v) is 4.99. The van der Waals surface area contributed by atoms with Crippen molar-refractivity contribution in [3.8, 4) is 0 Å². The number of hydrogen-bond acceptors (Lipinski definition) is 4. The zero-order valence-corrected chi connectivity index (χ0v) is 12.6. The summed E-state index contributed by atoms with van der Waals surface area (Å²) in [6.07, 6.45) is 8.20. The molecule has 20 heavy (non-hydrogen) atoms. The first-order valence-corrected chi connectivity index (χ1v) is 7.55. The number of ether oxygens (including phenoxy) is 1. The Hall–Kier alpha value is -1.30. The standard InChI is InChI=1S/C14H30N4O2/c1-2-3-4-5-6-7-11-20-13(19)12(15)9-8-10-18-14(16)17/h12H,2-11,15H2,1H3,(H4,16,17,18). The number of unbranched alkanes of at least 4 members (excludes halogenated alkanes) is 5. The second-order valence-electron chi connectivity index (χ2n) is 4.99. The lowest BCUT2D eigenvalue weighted by Gasteiger charge is -2.10. The van der Waals surface area contributed by atoms with Crippen molar-refractivity contribution in [3.05, 3.63) is 0 Å². The molecule has 0 radical (unpaired) electrons. The Balaban J connectivity index is 3.48. The summed E-state index contributed by atoms with van der Waals surface area (Å²) in [6, 6.07) is -0.579. The number of rotatable bonds is 12. The normalized spacial score (nSPS) is 11.9. The molecule has 118 valence electrons. The Morgan fingerprint density at radius 1 is 1.10 bits per heavy atom. The number of esters is 1. The summed E-state index contributed by atoms with van der Waals surface area (Å²) in [5, 5.41) is 0. The molecule has 0 aromatic rings. The van der Waals surface area contributed by atoms with Crippen LogP contribution >= 0.6 is 0 Å². The highest BCUT2D eigenvalue weighted by molar-refractivity contribution is 5.76. The van der Waals surface area contributed by atoms with Gasteiger partial charge in [-0.25, -0.2) is 0 Å². The maximum Gasteiger partial charge on any atom is 0.322 e. The van der Waals surface area contributed by atoms with Crippen molar-refractivity contribution in [1.29, 1.82) is 0 Å². The Morgan fingerprint density at radius 3 is 2.40 bits per heavy atom. The number of nitrogens with zero attached hydrogens (tertiary/aromatic N) is 1. The smallest absolute Gasteiger partial charge is 0.322 e. The Labute approximate surface area is 122 Å². The van der Waals surface area contributed by atoms with Gasteiger partial charge in [0.2, 0.25) is 0 Å². The fourth-order valence-electron chi connectivity index (χ4n) is 1.80. The monoisotopic (exact) mass is 286 g/mol. The molecule has 0 heterocycles. The SMILES string of the molecule is CCCCCCCCOC(=O)C(N)CCCN=C(N)N. The van der Waals surface area contributed by atoms with Crippen molar-refractivity contribution in [2.75, 3.05) is 13.2 Å². The van der Waals surface area contributed by atoms with Crippen molar-refractivity contribution in [3.63, 3.8) is 0 Å². The number of guanidine groups is 1. The summed E-state index contributed by atoms with van der Waals surface area (Å²) < 4.78 is 5.14. The predicted molar refractivity (Wildman–Crippen MR) is 82.2 cm³/mol. The van der Waals surface area contributed by atoms with Crippen LogP contribution in [0.1, 0.15) is 58.3 Å². The highest BCUT2D eigenvalue weighted by Crippen LogP contribution is 2.05. The second kappa shape index (κ2) is 12.7. The van der Waals surface area contributed by atoms with E-state index in [2.05, 4.69) is 11.9 Å². The van der Waals surface area contributed by atoms with E-state index in [0.717, 1.165) is 12.8 Å². The van der Waals surface area contributed by atoms with E-state index in [4.69, 9.17) is 21.9 Å².